The first kappa shape index (κ1) is 13.2. The largest absolute Gasteiger partial charge is 0.403 e. The molecule has 2 heterocycles. The fourth-order valence-electron chi connectivity index (χ4n) is 2.26. The number of fused-ring (bicyclic) bond motifs is 1. The number of halogens is 2. The highest BCUT2D eigenvalue weighted by molar-refractivity contribution is 6.34. The quantitative estimate of drug-likeness (QED) is 0.685. The van der Waals surface area contributed by atoms with Gasteiger partial charge < -0.3 is 4.42 Å². The molecule has 0 saturated heterocycles. The summed E-state index contributed by atoms with van der Waals surface area (Å²) in [4.78, 5) is 11.6. The van der Waals surface area contributed by atoms with E-state index in [9.17, 15) is 4.79 Å². The molecule has 0 aliphatic rings. The van der Waals surface area contributed by atoms with Gasteiger partial charge in [0.05, 0.1) is 16.8 Å². The summed E-state index contributed by atoms with van der Waals surface area (Å²) in [7, 11) is 0. The zero-order valence-corrected chi connectivity index (χ0v) is 12.3. The zero-order chi connectivity index (χ0) is 14.4. The minimum absolute atomic E-state index is 0.394. The lowest BCUT2D eigenvalue weighted by molar-refractivity contribution is 0.534. The van der Waals surface area contributed by atoms with Gasteiger partial charge in [-0.3, -0.25) is 0 Å². The van der Waals surface area contributed by atoms with E-state index in [0.717, 1.165) is 16.6 Å². The summed E-state index contributed by atoms with van der Waals surface area (Å²) in [6.45, 7) is 3.71. The zero-order valence-electron chi connectivity index (χ0n) is 10.8. The van der Waals surface area contributed by atoms with E-state index in [1.807, 2.05) is 13.8 Å². The minimum atomic E-state index is -0.413. The summed E-state index contributed by atoms with van der Waals surface area (Å²) in [5, 5.41) is 6.21. The van der Waals surface area contributed by atoms with Crippen LogP contribution in [0.3, 0.4) is 0 Å². The van der Waals surface area contributed by atoms with Crippen LogP contribution in [0.2, 0.25) is 10.0 Å². The Labute approximate surface area is 124 Å². The van der Waals surface area contributed by atoms with Crippen molar-refractivity contribution in [2.45, 2.75) is 13.8 Å². The van der Waals surface area contributed by atoms with Crippen LogP contribution in [-0.2, 0) is 0 Å². The minimum Gasteiger partial charge on any atom is -0.403 e. The van der Waals surface area contributed by atoms with Crippen molar-refractivity contribution in [1.82, 2.24) is 9.78 Å². The normalized spacial score (nSPS) is 11.2. The summed E-state index contributed by atoms with van der Waals surface area (Å²) in [6, 6.07) is 6.50. The average Bonchev–Trinajstić information content (AvgIpc) is 2.65. The highest BCUT2D eigenvalue weighted by Crippen LogP contribution is 2.26. The number of rotatable bonds is 1. The van der Waals surface area contributed by atoms with Gasteiger partial charge in [0, 0.05) is 16.1 Å². The number of aromatic nitrogens is 2. The molecule has 4 nitrogen and oxygen atoms in total. The van der Waals surface area contributed by atoms with Gasteiger partial charge in [0.1, 0.15) is 0 Å². The van der Waals surface area contributed by atoms with E-state index < -0.39 is 5.63 Å². The second kappa shape index (κ2) is 4.65. The molecule has 0 bridgehead atoms. The SMILES string of the molecule is Cc1cc(=O)oc2c1c(C)nn2-c1cc(Cl)cc(Cl)c1. The second-order valence-electron chi connectivity index (χ2n) is 4.55. The molecule has 0 aliphatic heterocycles. The molecule has 0 N–H and O–H groups in total. The first-order chi connectivity index (χ1) is 9.45. The summed E-state index contributed by atoms with van der Waals surface area (Å²) in [5.41, 5.74) is 2.23. The lowest BCUT2D eigenvalue weighted by Crippen LogP contribution is -2.01. The molecule has 20 heavy (non-hydrogen) atoms. The first-order valence-electron chi connectivity index (χ1n) is 5.92. The van der Waals surface area contributed by atoms with Gasteiger partial charge in [0.25, 0.3) is 0 Å². The van der Waals surface area contributed by atoms with Crippen molar-refractivity contribution in [3.05, 3.63) is 56.0 Å². The molecule has 6 heteroatoms. The van der Waals surface area contributed by atoms with Crippen LogP contribution in [-0.4, -0.2) is 9.78 Å². The summed E-state index contributed by atoms with van der Waals surface area (Å²) in [5.74, 6) is 0. The molecule has 0 saturated carbocycles. The van der Waals surface area contributed by atoms with Gasteiger partial charge in [-0.05, 0) is 37.6 Å². The maximum absolute atomic E-state index is 11.6. The number of hydrogen-bond donors (Lipinski definition) is 0. The molecule has 0 fully saturated rings. The molecule has 1 aromatic carbocycles. The summed E-state index contributed by atoms with van der Waals surface area (Å²) >= 11 is 12.0. The van der Waals surface area contributed by atoms with Crippen molar-refractivity contribution in [3.63, 3.8) is 0 Å². The van der Waals surface area contributed by atoms with E-state index >= 15 is 0 Å². The third kappa shape index (κ3) is 2.11. The Balaban J connectivity index is 2.40. The van der Waals surface area contributed by atoms with Crippen LogP contribution in [0, 0.1) is 13.8 Å². The third-order valence-electron chi connectivity index (χ3n) is 3.04. The van der Waals surface area contributed by atoms with Crippen molar-refractivity contribution >= 4 is 34.3 Å². The Morgan fingerprint density at radius 1 is 1.10 bits per heavy atom. The molecular weight excluding hydrogens is 299 g/mol. The Bertz CT molecular complexity index is 860. The van der Waals surface area contributed by atoms with Crippen molar-refractivity contribution in [2.24, 2.45) is 0 Å². The monoisotopic (exact) mass is 308 g/mol. The van der Waals surface area contributed by atoms with Crippen LogP contribution in [0.25, 0.3) is 16.8 Å². The van der Waals surface area contributed by atoms with E-state index in [4.69, 9.17) is 27.6 Å². The van der Waals surface area contributed by atoms with Crippen LogP contribution in [0.1, 0.15) is 11.3 Å². The second-order valence-corrected chi connectivity index (χ2v) is 5.43. The van der Waals surface area contributed by atoms with Gasteiger partial charge in [0.2, 0.25) is 5.71 Å². The molecular formula is C14H10Cl2N2O2. The molecule has 3 aromatic rings. The molecule has 0 radical (unpaired) electrons. The molecule has 0 unspecified atom stereocenters. The average molecular weight is 309 g/mol. The number of hydrogen-bond acceptors (Lipinski definition) is 3. The van der Waals surface area contributed by atoms with Crippen LogP contribution >= 0.6 is 23.2 Å². The molecule has 0 aliphatic carbocycles. The lowest BCUT2D eigenvalue weighted by atomic mass is 10.2. The van der Waals surface area contributed by atoms with E-state index in [1.165, 1.54) is 10.7 Å². The van der Waals surface area contributed by atoms with Crippen molar-refractivity contribution in [3.8, 4) is 5.69 Å². The Morgan fingerprint density at radius 2 is 1.75 bits per heavy atom. The van der Waals surface area contributed by atoms with Gasteiger partial charge in [-0.1, -0.05) is 23.2 Å². The van der Waals surface area contributed by atoms with Crippen molar-refractivity contribution in [2.75, 3.05) is 0 Å². The number of benzene rings is 1. The van der Waals surface area contributed by atoms with Gasteiger partial charge >= 0.3 is 5.63 Å². The number of nitrogens with zero attached hydrogens (tertiary/aromatic N) is 2. The van der Waals surface area contributed by atoms with Gasteiger partial charge in [0.15, 0.2) is 0 Å². The predicted octanol–water partition coefficient (Wildman–Crippen LogP) is 3.90. The molecule has 2 aromatic heterocycles. The molecule has 0 atom stereocenters. The van der Waals surface area contributed by atoms with E-state index in [1.54, 1.807) is 18.2 Å². The maximum atomic E-state index is 11.6. The number of aryl methyl sites for hydroxylation is 2. The molecule has 0 amide bonds. The van der Waals surface area contributed by atoms with E-state index in [-0.39, 0.29) is 0 Å². The summed E-state index contributed by atoms with van der Waals surface area (Å²) in [6.07, 6.45) is 0. The molecule has 0 spiro atoms. The maximum Gasteiger partial charge on any atom is 0.337 e. The fraction of sp³-hybridized carbons (Fsp3) is 0.143. The standard InChI is InChI=1S/C14H10Cl2N2O2/c1-7-3-12(19)20-14-13(7)8(2)17-18(14)11-5-9(15)4-10(16)6-11/h3-6H,1-2H3. The van der Waals surface area contributed by atoms with Crippen molar-refractivity contribution in [1.29, 1.82) is 0 Å². The lowest BCUT2D eigenvalue weighted by Gasteiger charge is -2.04. The van der Waals surface area contributed by atoms with Crippen LogP contribution < -0.4 is 5.63 Å². The third-order valence-corrected chi connectivity index (χ3v) is 3.47. The van der Waals surface area contributed by atoms with Gasteiger partial charge in [-0.25, -0.2) is 4.79 Å². The molecule has 3 rings (SSSR count). The Kier molecular flexibility index (Phi) is 3.07. The van der Waals surface area contributed by atoms with E-state index in [2.05, 4.69) is 5.10 Å². The fourth-order valence-corrected chi connectivity index (χ4v) is 2.78. The first-order valence-corrected chi connectivity index (χ1v) is 6.68. The Morgan fingerprint density at radius 3 is 2.40 bits per heavy atom. The van der Waals surface area contributed by atoms with Crippen LogP contribution in [0.5, 0.6) is 0 Å². The topological polar surface area (TPSA) is 48.0 Å². The highest BCUT2D eigenvalue weighted by atomic mass is 35.5. The Hall–Kier alpha value is -1.78. The van der Waals surface area contributed by atoms with Gasteiger partial charge in [-0.2, -0.15) is 9.78 Å². The van der Waals surface area contributed by atoms with Gasteiger partial charge in [-0.15, -0.1) is 0 Å². The van der Waals surface area contributed by atoms with Crippen LogP contribution in [0.15, 0.2) is 33.5 Å². The highest BCUT2D eigenvalue weighted by Gasteiger charge is 2.15. The van der Waals surface area contributed by atoms with E-state index in [0.29, 0.717) is 21.4 Å². The summed E-state index contributed by atoms with van der Waals surface area (Å²) < 4.78 is 6.83. The smallest absolute Gasteiger partial charge is 0.337 e. The predicted molar refractivity (Wildman–Crippen MR) is 79.1 cm³/mol. The van der Waals surface area contributed by atoms with Crippen molar-refractivity contribution < 1.29 is 4.42 Å². The molecule has 102 valence electrons. The van der Waals surface area contributed by atoms with Crippen LogP contribution in [0.4, 0.5) is 0 Å².